The fourth-order valence-electron chi connectivity index (χ4n) is 4.17. The number of rotatable bonds is 5. The Kier molecular flexibility index (Phi) is 4.97. The third-order valence-electron chi connectivity index (χ3n) is 5.67. The number of imidazole rings is 1. The van der Waals surface area contributed by atoms with Gasteiger partial charge in [-0.05, 0) is 30.7 Å². The van der Waals surface area contributed by atoms with Crippen LogP contribution >= 0.6 is 0 Å². The van der Waals surface area contributed by atoms with Crippen LogP contribution in [-0.2, 0) is 16.1 Å². The predicted octanol–water partition coefficient (Wildman–Crippen LogP) is 3.21. The van der Waals surface area contributed by atoms with E-state index >= 15 is 0 Å². The molecule has 1 N–H and O–H groups in total. The van der Waals surface area contributed by atoms with Crippen molar-refractivity contribution in [2.45, 2.75) is 26.3 Å². The molecule has 2 aromatic carbocycles. The van der Waals surface area contributed by atoms with E-state index in [2.05, 4.69) is 17.2 Å². The van der Waals surface area contributed by atoms with Crippen LogP contribution in [0.4, 0.5) is 11.6 Å². The highest BCUT2D eigenvalue weighted by Crippen LogP contribution is 2.36. The first-order chi connectivity index (χ1) is 15.1. The molecule has 5 rings (SSSR count). The minimum atomic E-state index is -0.449. The van der Waals surface area contributed by atoms with Crippen molar-refractivity contribution in [3.05, 3.63) is 42.5 Å². The van der Waals surface area contributed by atoms with Crippen molar-refractivity contribution in [3.63, 3.8) is 0 Å². The summed E-state index contributed by atoms with van der Waals surface area (Å²) < 4.78 is 13.2. The molecule has 1 fully saturated rings. The molecule has 0 aliphatic carbocycles. The van der Waals surface area contributed by atoms with Crippen LogP contribution in [0.3, 0.4) is 0 Å². The largest absolute Gasteiger partial charge is 0.486 e. The van der Waals surface area contributed by atoms with Crippen molar-refractivity contribution < 1.29 is 19.1 Å². The van der Waals surface area contributed by atoms with Crippen molar-refractivity contribution in [1.82, 2.24) is 9.55 Å². The molecular formula is C23H24N4O4. The smallest absolute Gasteiger partial charge is 0.232 e. The molecule has 2 aliphatic heterocycles. The standard InChI is InChI=1S/C23H24N4O4/c1-2-9-26-18-6-4-3-5-17(18)24-23(26)25-22(29)15-12-21(28)27(14-15)16-7-8-19-20(13-16)31-11-10-30-19/h3-8,13,15H,2,9-12,14H2,1H3,(H,24,25,29)/t15-/m1/s1. The monoisotopic (exact) mass is 420 g/mol. The maximum absolute atomic E-state index is 13.0. The molecule has 2 aliphatic rings. The Bertz CT molecular complexity index is 1160. The molecule has 3 aromatic rings. The molecule has 1 atom stereocenters. The van der Waals surface area contributed by atoms with Gasteiger partial charge in [0.2, 0.25) is 17.8 Å². The molecule has 1 aromatic heterocycles. The fourth-order valence-corrected chi connectivity index (χ4v) is 4.17. The molecule has 0 spiro atoms. The maximum Gasteiger partial charge on any atom is 0.232 e. The van der Waals surface area contributed by atoms with Gasteiger partial charge in [-0.2, -0.15) is 0 Å². The van der Waals surface area contributed by atoms with E-state index in [-0.39, 0.29) is 18.2 Å². The van der Waals surface area contributed by atoms with Gasteiger partial charge < -0.3 is 18.9 Å². The van der Waals surface area contributed by atoms with Gasteiger partial charge in [0.05, 0.1) is 17.0 Å². The van der Waals surface area contributed by atoms with Gasteiger partial charge in [-0.3, -0.25) is 14.9 Å². The molecule has 0 unspecified atom stereocenters. The first-order valence-corrected chi connectivity index (χ1v) is 10.6. The number of aryl methyl sites for hydroxylation is 1. The van der Waals surface area contributed by atoms with Crippen LogP contribution in [0.5, 0.6) is 11.5 Å². The van der Waals surface area contributed by atoms with Crippen LogP contribution < -0.4 is 19.7 Å². The first kappa shape index (κ1) is 19.4. The maximum atomic E-state index is 13.0. The predicted molar refractivity (Wildman–Crippen MR) is 117 cm³/mol. The molecule has 0 bridgehead atoms. The molecule has 8 heteroatoms. The van der Waals surface area contributed by atoms with E-state index < -0.39 is 5.92 Å². The quantitative estimate of drug-likeness (QED) is 0.685. The lowest BCUT2D eigenvalue weighted by atomic mass is 10.1. The lowest BCUT2D eigenvalue weighted by Gasteiger charge is -2.22. The van der Waals surface area contributed by atoms with E-state index in [4.69, 9.17) is 9.47 Å². The van der Waals surface area contributed by atoms with Crippen molar-refractivity contribution >= 4 is 34.5 Å². The third-order valence-corrected chi connectivity index (χ3v) is 5.67. The Labute approximate surface area is 179 Å². The second kappa shape index (κ2) is 7.94. The van der Waals surface area contributed by atoms with Crippen LogP contribution in [0.15, 0.2) is 42.5 Å². The van der Waals surface area contributed by atoms with Gasteiger partial charge in [0.1, 0.15) is 13.2 Å². The topological polar surface area (TPSA) is 85.7 Å². The molecule has 31 heavy (non-hydrogen) atoms. The van der Waals surface area contributed by atoms with Crippen LogP contribution in [0.2, 0.25) is 0 Å². The van der Waals surface area contributed by atoms with Crippen LogP contribution in [0.25, 0.3) is 11.0 Å². The fraction of sp³-hybridized carbons (Fsp3) is 0.348. The minimum absolute atomic E-state index is 0.0844. The summed E-state index contributed by atoms with van der Waals surface area (Å²) >= 11 is 0. The van der Waals surface area contributed by atoms with Crippen LogP contribution in [-0.4, -0.2) is 41.1 Å². The number of fused-ring (bicyclic) bond motifs is 2. The van der Waals surface area contributed by atoms with E-state index in [1.54, 1.807) is 17.0 Å². The third kappa shape index (κ3) is 3.58. The average molecular weight is 420 g/mol. The number of hydrogen-bond acceptors (Lipinski definition) is 5. The normalized spacial score (nSPS) is 17.9. The minimum Gasteiger partial charge on any atom is -0.486 e. The Morgan fingerprint density at radius 3 is 2.81 bits per heavy atom. The van der Waals surface area contributed by atoms with Gasteiger partial charge in [0.25, 0.3) is 0 Å². The SMILES string of the molecule is CCCn1c(NC(=O)[C@@H]2CC(=O)N(c3ccc4c(c3)OCCO4)C2)nc2ccccc21. The summed E-state index contributed by atoms with van der Waals surface area (Å²) in [5.74, 6) is 1.09. The number of benzene rings is 2. The summed E-state index contributed by atoms with van der Waals surface area (Å²) in [6.45, 7) is 4.15. The van der Waals surface area contributed by atoms with Crippen molar-refractivity contribution in [2.24, 2.45) is 5.92 Å². The number of amides is 2. The number of hydrogen-bond donors (Lipinski definition) is 1. The van der Waals surface area contributed by atoms with E-state index in [9.17, 15) is 9.59 Å². The molecule has 3 heterocycles. The molecule has 8 nitrogen and oxygen atoms in total. The number of carbonyl (C=O) groups excluding carboxylic acids is 2. The van der Waals surface area contributed by atoms with Crippen molar-refractivity contribution in [2.75, 3.05) is 30.0 Å². The summed E-state index contributed by atoms with van der Waals surface area (Å²) in [7, 11) is 0. The van der Waals surface area contributed by atoms with Gasteiger partial charge in [-0.15, -0.1) is 0 Å². The molecule has 160 valence electrons. The lowest BCUT2D eigenvalue weighted by molar-refractivity contribution is -0.122. The zero-order chi connectivity index (χ0) is 21.4. The number of aromatic nitrogens is 2. The summed E-state index contributed by atoms with van der Waals surface area (Å²) in [5.41, 5.74) is 2.54. The Balaban J connectivity index is 1.34. The van der Waals surface area contributed by atoms with Gasteiger partial charge in [0.15, 0.2) is 11.5 Å². The number of carbonyl (C=O) groups is 2. The van der Waals surface area contributed by atoms with E-state index in [0.29, 0.717) is 42.9 Å². The Morgan fingerprint density at radius 2 is 1.97 bits per heavy atom. The number of para-hydroxylation sites is 2. The molecule has 0 radical (unpaired) electrons. The van der Waals surface area contributed by atoms with Gasteiger partial charge in [-0.25, -0.2) is 4.98 Å². The van der Waals surface area contributed by atoms with Crippen LogP contribution in [0.1, 0.15) is 19.8 Å². The number of nitrogens with one attached hydrogen (secondary N) is 1. The second-order valence-corrected chi connectivity index (χ2v) is 7.80. The highest BCUT2D eigenvalue weighted by molar-refractivity contribution is 6.03. The number of nitrogens with zero attached hydrogens (tertiary/aromatic N) is 3. The van der Waals surface area contributed by atoms with E-state index in [0.717, 1.165) is 24.0 Å². The number of anilines is 2. The highest BCUT2D eigenvalue weighted by Gasteiger charge is 2.36. The summed E-state index contributed by atoms with van der Waals surface area (Å²) in [5, 5.41) is 2.96. The van der Waals surface area contributed by atoms with Gasteiger partial charge >= 0.3 is 0 Å². The van der Waals surface area contributed by atoms with Gasteiger partial charge in [-0.1, -0.05) is 19.1 Å². The second-order valence-electron chi connectivity index (χ2n) is 7.80. The van der Waals surface area contributed by atoms with E-state index in [1.165, 1.54) is 0 Å². The van der Waals surface area contributed by atoms with Crippen molar-refractivity contribution in [3.8, 4) is 11.5 Å². The molecule has 1 saturated heterocycles. The van der Waals surface area contributed by atoms with Gasteiger partial charge in [0, 0.05) is 31.3 Å². The zero-order valence-electron chi connectivity index (χ0n) is 17.3. The van der Waals surface area contributed by atoms with Crippen molar-refractivity contribution in [1.29, 1.82) is 0 Å². The molecule has 0 saturated carbocycles. The average Bonchev–Trinajstić information content (AvgIpc) is 3.34. The molecule has 2 amide bonds. The Morgan fingerprint density at radius 1 is 1.16 bits per heavy atom. The summed E-state index contributed by atoms with van der Waals surface area (Å²) in [6, 6.07) is 13.2. The zero-order valence-corrected chi connectivity index (χ0v) is 17.3. The highest BCUT2D eigenvalue weighted by atomic mass is 16.6. The summed E-state index contributed by atoms with van der Waals surface area (Å²) in [4.78, 5) is 31.9. The van der Waals surface area contributed by atoms with Crippen LogP contribution in [0, 0.1) is 5.92 Å². The molecular weight excluding hydrogens is 396 g/mol. The van der Waals surface area contributed by atoms with E-state index in [1.807, 2.05) is 34.9 Å². The summed E-state index contributed by atoms with van der Waals surface area (Å²) in [6.07, 6.45) is 1.08. The Hall–Kier alpha value is -3.55. The lowest BCUT2D eigenvalue weighted by Crippen LogP contribution is -2.29. The first-order valence-electron chi connectivity index (χ1n) is 10.6. The number of ether oxygens (including phenoxy) is 2.